The minimum atomic E-state index is -2.65. The molecule has 82 valence electrons. The van der Waals surface area contributed by atoms with E-state index in [0.717, 1.165) is 19.3 Å². The Morgan fingerprint density at radius 1 is 1.43 bits per heavy atom. The van der Waals surface area contributed by atoms with E-state index in [4.69, 9.17) is 0 Å². The highest BCUT2D eigenvalue weighted by molar-refractivity contribution is 5.15. The number of nitrogens with one attached hydrogen (secondary N) is 1. The summed E-state index contributed by atoms with van der Waals surface area (Å²) >= 11 is 0. The lowest BCUT2D eigenvalue weighted by Crippen LogP contribution is -2.38. The van der Waals surface area contributed by atoms with Crippen LogP contribution in [0.1, 0.15) is 39.5 Å². The van der Waals surface area contributed by atoms with Crippen LogP contribution in [0.15, 0.2) is 11.6 Å². The average molecular weight is 203 g/mol. The molecular weight excluding hydrogens is 184 g/mol. The van der Waals surface area contributed by atoms with E-state index < -0.39 is 5.92 Å². The topological polar surface area (TPSA) is 12.0 Å². The van der Waals surface area contributed by atoms with Crippen molar-refractivity contribution >= 4 is 0 Å². The van der Waals surface area contributed by atoms with Crippen molar-refractivity contribution in [2.75, 3.05) is 6.54 Å². The fourth-order valence-corrected chi connectivity index (χ4v) is 1.62. The summed E-state index contributed by atoms with van der Waals surface area (Å²) in [5, 5.41) is 2.79. The van der Waals surface area contributed by atoms with Gasteiger partial charge in [-0.15, -0.1) is 0 Å². The summed E-state index contributed by atoms with van der Waals surface area (Å²) in [6.45, 7) is 3.53. The molecule has 0 aliphatic heterocycles. The summed E-state index contributed by atoms with van der Waals surface area (Å²) in [7, 11) is 0. The first kappa shape index (κ1) is 11.6. The number of halogens is 2. The normalized spacial score (nSPS) is 18.5. The molecule has 0 saturated heterocycles. The second-order valence-electron chi connectivity index (χ2n) is 4.22. The van der Waals surface area contributed by atoms with Gasteiger partial charge in [-0.25, -0.2) is 8.78 Å². The lowest BCUT2D eigenvalue weighted by Gasteiger charge is -2.24. The molecule has 0 amide bonds. The Balaban J connectivity index is 2.50. The van der Waals surface area contributed by atoms with Gasteiger partial charge in [0, 0.05) is 6.04 Å². The number of rotatable bonds is 4. The van der Waals surface area contributed by atoms with Crippen molar-refractivity contribution in [1.82, 2.24) is 5.32 Å². The molecule has 0 fully saturated rings. The Kier molecular flexibility index (Phi) is 4.05. The zero-order chi connectivity index (χ0) is 10.6. The van der Waals surface area contributed by atoms with E-state index in [2.05, 4.69) is 5.32 Å². The van der Waals surface area contributed by atoms with E-state index in [-0.39, 0.29) is 12.6 Å². The van der Waals surface area contributed by atoms with Crippen molar-refractivity contribution < 1.29 is 8.78 Å². The van der Waals surface area contributed by atoms with Crippen LogP contribution < -0.4 is 5.32 Å². The standard InChI is InChI=1S/C11H19F2N/c1-9(2)14-8-11(12,13)10-6-4-3-5-7-10/h6,9,14H,3-5,7-8H2,1-2H3. The molecule has 0 bridgehead atoms. The van der Waals surface area contributed by atoms with Gasteiger partial charge in [0.05, 0.1) is 6.54 Å². The predicted octanol–water partition coefficient (Wildman–Crippen LogP) is 3.12. The summed E-state index contributed by atoms with van der Waals surface area (Å²) in [6.07, 6.45) is 5.05. The van der Waals surface area contributed by atoms with Crippen LogP contribution in [0.4, 0.5) is 8.78 Å². The molecule has 1 aliphatic carbocycles. The minimum Gasteiger partial charge on any atom is -0.309 e. The molecule has 1 nitrogen and oxygen atoms in total. The molecule has 0 atom stereocenters. The third kappa shape index (κ3) is 3.37. The van der Waals surface area contributed by atoms with Crippen LogP contribution in [0.3, 0.4) is 0 Å². The Morgan fingerprint density at radius 2 is 2.14 bits per heavy atom. The van der Waals surface area contributed by atoms with Crippen molar-refractivity contribution in [3.05, 3.63) is 11.6 Å². The minimum absolute atomic E-state index is 0.116. The Hall–Kier alpha value is -0.440. The van der Waals surface area contributed by atoms with Gasteiger partial charge in [-0.2, -0.15) is 0 Å². The fraction of sp³-hybridized carbons (Fsp3) is 0.818. The molecule has 14 heavy (non-hydrogen) atoms. The first-order valence-electron chi connectivity index (χ1n) is 5.33. The van der Waals surface area contributed by atoms with Gasteiger partial charge in [0.25, 0.3) is 5.92 Å². The maximum absolute atomic E-state index is 13.5. The maximum Gasteiger partial charge on any atom is 0.281 e. The first-order valence-corrected chi connectivity index (χ1v) is 5.33. The molecule has 0 unspecified atom stereocenters. The number of allylic oxidation sites excluding steroid dienone is 1. The fourth-order valence-electron chi connectivity index (χ4n) is 1.62. The molecule has 0 saturated carbocycles. The highest BCUT2D eigenvalue weighted by Crippen LogP contribution is 2.31. The van der Waals surface area contributed by atoms with Crippen LogP contribution in [-0.2, 0) is 0 Å². The zero-order valence-electron chi connectivity index (χ0n) is 8.95. The van der Waals surface area contributed by atoms with E-state index in [9.17, 15) is 8.78 Å². The molecule has 0 radical (unpaired) electrons. The molecule has 3 heteroatoms. The van der Waals surface area contributed by atoms with E-state index in [1.165, 1.54) is 0 Å². The van der Waals surface area contributed by atoms with Crippen molar-refractivity contribution in [1.29, 1.82) is 0 Å². The lowest BCUT2D eigenvalue weighted by atomic mass is 9.94. The number of hydrogen-bond donors (Lipinski definition) is 1. The molecule has 1 rings (SSSR count). The molecule has 0 aromatic heterocycles. The van der Waals surface area contributed by atoms with Gasteiger partial charge < -0.3 is 5.32 Å². The van der Waals surface area contributed by atoms with Crippen LogP contribution in [0.25, 0.3) is 0 Å². The quantitative estimate of drug-likeness (QED) is 0.692. The van der Waals surface area contributed by atoms with Crippen molar-refractivity contribution in [2.24, 2.45) is 0 Å². The van der Waals surface area contributed by atoms with Gasteiger partial charge >= 0.3 is 0 Å². The highest BCUT2D eigenvalue weighted by Gasteiger charge is 2.33. The van der Waals surface area contributed by atoms with Crippen LogP contribution >= 0.6 is 0 Å². The van der Waals surface area contributed by atoms with Crippen molar-refractivity contribution in [2.45, 2.75) is 51.5 Å². The maximum atomic E-state index is 13.5. The molecule has 0 spiro atoms. The first-order chi connectivity index (χ1) is 6.52. The third-order valence-corrected chi connectivity index (χ3v) is 2.49. The second kappa shape index (κ2) is 4.87. The summed E-state index contributed by atoms with van der Waals surface area (Å²) in [5.41, 5.74) is 0.330. The van der Waals surface area contributed by atoms with Crippen LogP contribution in [0, 0.1) is 0 Å². The predicted molar refractivity (Wildman–Crippen MR) is 54.6 cm³/mol. The van der Waals surface area contributed by atoms with E-state index in [1.54, 1.807) is 6.08 Å². The Labute approximate surface area is 84.6 Å². The molecule has 0 aromatic rings. The van der Waals surface area contributed by atoms with Gasteiger partial charge in [0.15, 0.2) is 0 Å². The largest absolute Gasteiger partial charge is 0.309 e. The summed E-state index contributed by atoms with van der Waals surface area (Å²) < 4.78 is 27.1. The second-order valence-corrected chi connectivity index (χ2v) is 4.22. The highest BCUT2D eigenvalue weighted by atomic mass is 19.3. The number of alkyl halides is 2. The summed E-state index contributed by atoms with van der Waals surface area (Å²) in [6, 6.07) is 0.116. The van der Waals surface area contributed by atoms with E-state index >= 15 is 0 Å². The third-order valence-electron chi connectivity index (χ3n) is 2.49. The van der Waals surface area contributed by atoms with Gasteiger partial charge in [-0.1, -0.05) is 19.9 Å². The summed E-state index contributed by atoms with van der Waals surface area (Å²) in [4.78, 5) is 0. The van der Waals surface area contributed by atoms with Crippen LogP contribution in [0.2, 0.25) is 0 Å². The average Bonchev–Trinajstić information content (AvgIpc) is 2.16. The monoisotopic (exact) mass is 203 g/mol. The molecule has 1 aliphatic rings. The molecule has 0 aromatic carbocycles. The van der Waals surface area contributed by atoms with Crippen LogP contribution in [-0.4, -0.2) is 18.5 Å². The van der Waals surface area contributed by atoms with Crippen LogP contribution in [0.5, 0.6) is 0 Å². The van der Waals surface area contributed by atoms with Crippen molar-refractivity contribution in [3.63, 3.8) is 0 Å². The van der Waals surface area contributed by atoms with Gasteiger partial charge in [-0.05, 0) is 31.3 Å². The SMILES string of the molecule is CC(C)NCC(F)(F)C1=CCCCC1. The van der Waals surface area contributed by atoms with Gasteiger partial charge in [0.1, 0.15) is 0 Å². The number of hydrogen-bond acceptors (Lipinski definition) is 1. The Bertz CT molecular complexity index is 209. The van der Waals surface area contributed by atoms with E-state index in [1.807, 2.05) is 13.8 Å². The summed E-state index contributed by atoms with van der Waals surface area (Å²) in [5.74, 6) is -2.65. The lowest BCUT2D eigenvalue weighted by molar-refractivity contribution is 0.0347. The van der Waals surface area contributed by atoms with Gasteiger partial charge in [-0.3, -0.25) is 0 Å². The Morgan fingerprint density at radius 3 is 2.64 bits per heavy atom. The van der Waals surface area contributed by atoms with Gasteiger partial charge in [0.2, 0.25) is 0 Å². The molecule has 0 heterocycles. The zero-order valence-corrected chi connectivity index (χ0v) is 8.95. The van der Waals surface area contributed by atoms with Crippen molar-refractivity contribution in [3.8, 4) is 0 Å². The molecular formula is C11H19F2N. The smallest absolute Gasteiger partial charge is 0.281 e. The van der Waals surface area contributed by atoms with E-state index in [0.29, 0.717) is 12.0 Å². The molecule has 1 N–H and O–H groups in total.